The van der Waals surface area contributed by atoms with Crippen LogP contribution in [0.15, 0.2) is 18.2 Å². The second-order valence-electron chi connectivity index (χ2n) is 5.07. The van der Waals surface area contributed by atoms with Crippen molar-refractivity contribution >= 4 is 23.4 Å². The molecule has 9 heteroatoms. The van der Waals surface area contributed by atoms with Gasteiger partial charge in [0.15, 0.2) is 11.5 Å². The van der Waals surface area contributed by atoms with Crippen molar-refractivity contribution in [1.82, 2.24) is 0 Å². The highest BCUT2D eigenvalue weighted by Crippen LogP contribution is 2.32. The molecule has 1 rings (SSSR count). The SMILES string of the molecule is COc1c(OS(=O)(=O)C(F)(F)F)cccc1[Si](C)(C)C. The molecule has 0 aliphatic carbocycles. The fourth-order valence-electron chi connectivity index (χ4n) is 1.55. The quantitative estimate of drug-likeness (QED) is 0.484. The third-order valence-electron chi connectivity index (χ3n) is 2.47. The minimum Gasteiger partial charge on any atom is -0.493 e. The molecule has 1 aromatic carbocycles. The Morgan fingerprint density at radius 1 is 1.15 bits per heavy atom. The van der Waals surface area contributed by atoms with E-state index < -0.39 is 29.4 Å². The summed E-state index contributed by atoms with van der Waals surface area (Å²) in [5.41, 5.74) is -5.48. The minimum atomic E-state index is -5.71. The number of halogens is 3. The number of hydrogen-bond donors (Lipinski definition) is 0. The third-order valence-corrected chi connectivity index (χ3v) is 5.45. The highest BCUT2D eigenvalue weighted by Gasteiger charge is 2.49. The molecule has 0 spiro atoms. The molecule has 0 aliphatic rings. The van der Waals surface area contributed by atoms with Crippen LogP contribution in [0.5, 0.6) is 11.5 Å². The number of benzene rings is 1. The standard InChI is InChI=1S/C11H15F3O4SSi/c1-17-10-8(18-19(15,16)11(12,13)14)6-5-7-9(10)20(2,3)4/h5-7H,1-4H3. The van der Waals surface area contributed by atoms with Gasteiger partial charge in [0, 0.05) is 0 Å². The van der Waals surface area contributed by atoms with Crippen molar-refractivity contribution in [2.75, 3.05) is 7.11 Å². The maximum atomic E-state index is 12.3. The van der Waals surface area contributed by atoms with Gasteiger partial charge in [-0.25, -0.2) is 0 Å². The minimum absolute atomic E-state index is 0.0273. The predicted molar refractivity (Wildman–Crippen MR) is 71.6 cm³/mol. The van der Waals surface area contributed by atoms with Gasteiger partial charge in [-0.1, -0.05) is 31.8 Å². The van der Waals surface area contributed by atoms with E-state index in [9.17, 15) is 21.6 Å². The molecule has 4 nitrogen and oxygen atoms in total. The van der Waals surface area contributed by atoms with E-state index in [4.69, 9.17) is 4.74 Å². The number of rotatable bonds is 4. The van der Waals surface area contributed by atoms with Crippen LogP contribution in [0.25, 0.3) is 0 Å². The van der Waals surface area contributed by atoms with Gasteiger partial charge >= 0.3 is 15.6 Å². The molecule has 0 N–H and O–H groups in total. The number of para-hydroxylation sites is 1. The lowest BCUT2D eigenvalue weighted by molar-refractivity contribution is -0.0500. The lowest BCUT2D eigenvalue weighted by Gasteiger charge is -2.22. The molecule has 0 heterocycles. The van der Waals surface area contributed by atoms with Gasteiger partial charge in [0.05, 0.1) is 15.2 Å². The van der Waals surface area contributed by atoms with Crippen molar-refractivity contribution in [3.8, 4) is 11.5 Å². The summed E-state index contributed by atoms with van der Waals surface area (Å²) in [5.74, 6) is -0.427. The molecule has 0 aliphatic heterocycles. The monoisotopic (exact) mass is 328 g/mol. The van der Waals surface area contributed by atoms with Gasteiger partial charge in [0.1, 0.15) is 0 Å². The van der Waals surface area contributed by atoms with Crippen LogP contribution in [0.3, 0.4) is 0 Å². The first kappa shape index (κ1) is 16.8. The zero-order valence-corrected chi connectivity index (χ0v) is 13.2. The molecule has 0 bridgehead atoms. The van der Waals surface area contributed by atoms with Crippen LogP contribution in [0.2, 0.25) is 19.6 Å². The molecule has 0 saturated heterocycles. The summed E-state index contributed by atoms with van der Waals surface area (Å²) in [6.45, 7) is 5.85. The van der Waals surface area contributed by atoms with E-state index in [0.717, 1.165) is 6.07 Å². The number of hydrogen-bond acceptors (Lipinski definition) is 4. The number of methoxy groups -OCH3 is 1. The first-order valence-corrected chi connectivity index (χ1v) is 10.5. The smallest absolute Gasteiger partial charge is 0.493 e. The Balaban J connectivity index is 3.35. The van der Waals surface area contributed by atoms with E-state index in [0.29, 0.717) is 5.19 Å². The molecule has 20 heavy (non-hydrogen) atoms. The Labute approximate surface area is 116 Å². The van der Waals surface area contributed by atoms with Gasteiger partial charge in [-0.2, -0.15) is 21.6 Å². The van der Waals surface area contributed by atoms with E-state index >= 15 is 0 Å². The average molecular weight is 328 g/mol. The summed E-state index contributed by atoms with van der Waals surface area (Å²) < 4.78 is 68.4. The third kappa shape index (κ3) is 3.45. The summed E-state index contributed by atoms with van der Waals surface area (Å²) in [6.07, 6.45) is 0. The van der Waals surface area contributed by atoms with Crippen LogP contribution < -0.4 is 14.1 Å². The van der Waals surface area contributed by atoms with Gasteiger partial charge < -0.3 is 8.92 Å². The second-order valence-corrected chi connectivity index (χ2v) is 11.6. The van der Waals surface area contributed by atoms with Gasteiger partial charge in [0.2, 0.25) is 0 Å². The van der Waals surface area contributed by atoms with Gasteiger partial charge in [0.25, 0.3) is 0 Å². The van der Waals surface area contributed by atoms with Gasteiger partial charge in [-0.3, -0.25) is 0 Å². The van der Waals surface area contributed by atoms with E-state index in [-0.39, 0.29) is 5.75 Å². The van der Waals surface area contributed by atoms with Gasteiger partial charge in [-0.05, 0) is 11.3 Å². The normalized spacial score (nSPS) is 13.2. The van der Waals surface area contributed by atoms with Crippen LogP contribution in [0.4, 0.5) is 13.2 Å². The summed E-state index contributed by atoms with van der Waals surface area (Å²) >= 11 is 0. The Morgan fingerprint density at radius 3 is 2.10 bits per heavy atom. The molecule has 0 aromatic heterocycles. The van der Waals surface area contributed by atoms with Crippen LogP contribution in [0, 0.1) is 0 Å². The topological polar surface area (TPSA) is 52.6 Å². The summed E-state index contributed by atoms with van der Waals surface area (Å²) in [4.78, 5) is 0. The van der Waals surface area contributed by atoms with Crippen molar-refractivity contribution in [1.29, 1.82) is 0 Å². The van der Waals surface area contributed by atoms with E-state index in [2.05, 4.69) is 4.18 Å². The van der Waals surface area contributed by atoms with Crippen LogP contribution in [-0.2, 0) is 10.1 Å². The van der Waals surface area contributed by atoms with Crippen molar-refractivity contribution in [3.63, 3.8) is 0 Å². The zero-order valence-electron chi connectivity index (χ0n) is 11.4. The van der Waals surface area contributed by atoms with Crippen LogP contribution >= 0.6 is 0 Å². The highest BCUT2D eigenvalue weighted by molar-refractivity contribution is 7.88. The lowest BCUT2D eigenvalue weighted by atomic mass is 10.3. The molecular weight excluding hydrogens is 313 g/mol. The largest absolute Gasteiger partial charge is 0.534 e. The molecule has 1 aromatic rings. The van der Waals surface area contributed by atoms with Crippen molar-refractivity contribution < 1.29 is 30.5 Å². The van der Waals surface area contributed by atoms with E-state index in [1.165, 1.54) is 13.2 Å². The molecule has 0 atom stereocenters. The number of alkyl halides is 3. The fourth-order valence-corrected chi connectivity index (χ4v) is 3.51. The summed E-state index contributed by atoms with van der Waals surface area (Å²) in [7, 11) is -6.39. The summed E-state index contributed by atoms with van der Waals surface area (Å²) in [6, 6.07) is 4.27. The van der Waals surface area contributed by atoms with Gasteiger partial charge in [-0.15, -0.1) is 0 Å². The molecule has 0 amide bonds. The fraction of sp³-hybridized carbons (Fsp3) is 0.455. The molecule has 0 radical (unpaired) electrons. The molecule has 0 fully saturated rings. The first-order valence-electron chi connectivity index (χ1n) is 5.58. The van der Waals surface area contributed by atoms with Crippen molar-refractivity contribution in [2.45, 2.75) is 25.1 Å². The number of ether oxygens (including phenoxy) is 1. The maximum Gasteiger partial charge on any atom is 0.534 e. The van der Waals surface area contributed by atoms with Crippen LogP contribution in [-0.4, -0.2) is 29.1 Å². The Morgan fingerprint density at radius 2 is 1.70 bits per heavy atom. The molecule has 114 valence electrons. The Bertz CT molecular complexity index is 591. The Kier molecular flexibility index (Phi) is 4.45. The van der Waals surface area contributed by atoms with E-state index in [1.807, 2.05) is 19.6 Å². The highest BCUT2D eigenvalue weighted by atomic mass is 32.2. The summed E-state index contributed by atoms with van der Waals surface area (Å²) in [5, 5.41) is 0.676. The molecule has 0 saturated carbocycles. The zero-order chi connectivity index (χ0) is 15.8. The predicted octanol–water partition coefficient (Wildman–Crippen LogP) is 2.47. The molecular formula is C11H15F3O4SSi. The Hall–Kier alpha value is -1.22. The van der Waals surface area contributed by atoms with Crippen molar-refractivity contribution in [3.05, 3.63) is 18.2 Å². The first-order chi connectivity index (χ1) is 8.90. The van der Waals surface area contributed by atoms with Crippen LogP contribution in [0.1, 0.15) is 0 Å². The average Bonchev–Trinajstić information content (AvgIpc) is 2.25. The second kappa shape index (κ2) is 5.28. The van der Waals surface area contributed by atoms with Crippen molar-refractivity contribution in [2.24, 2.45) is 0 Å². The molecule has 0 unspecified atom stereocenters. The maximum absolute atomic E-state index is 12.3. The lowest BCUT2D eigenvalue weighted by Crippen LogP contribution is -2.39. The van der Waals surface area contributed by atoms with E-state index in [1.54, 1.807) is 6.07 Å².